The Labute approximate surface area is 111 Å². The molecular formula is C13H17ClFNO2. The summed E-state index contributed by atoms with van der Waals surface area (Å²) in [6.45, 7) is 5.55. The van der Waals surface area contributed by atoms with Gasteiger partial charge in [0.25, 0.3) is 0 Å². The lowest BCUT2D eigenvalue weighted by Crippen LogP contribution is -2.42. The van der Waals surface area contributed by atoms with Crippen molar-refractivity contribution in [3.05, 3.63) is 29.6 Å². The van der Waals surface area contributed by atoms with Crippen molar-refractivity contribution in [2.24, 2.45) is 0 Å². The third kappa shape index (κ3) is 3.88. The van der Waals surface area contributed by atoms with E-state index in [4.69, 9.17) is 16.3 Å². The number of hydrogen-bond acceptors (Lipinski definition) is 2. The first-order valence-corrected chi connectivity index (χ1v) is 5.98. The first-order chi connectivity index (χ1) is 8.24. The molecule has 18 heavy (non-hydrogen) atoms. The van der Waals surface area contributed by atoms with E-state index in [0.29, 0.717) is 5.56 Å². The van der Waals surface area contributed by atoms with Gasteiger partial charge < -0.3 is 10.1 Å². The summed E-state index contributed by atoms with van der Waals surface area (Å²) in [4.78, 5) is 11.8. The average molecular weight is 274 g/mol. The number of halogens is 2. The quantitative estimate of drug-likeness (QED) is 0.860. The SMILES string of the molecule is COc1ccc(C(Cl)C(=O)NC(C)(C)C)cc1F. The lowest BCUT2D eigenvalue weighted by Gasteiger charge is -2.22. The number of benzene rings is 1. The fourth-order valence-electron chi connectivity index (χ4n) is 1.42. The zero-order valence-corrected chi connectivity index (χ0v) is 11.6. The summed E-state index contributed by atoms with van der Waals surface area (Å²) in [5.74, 6) is -0.767. The highest BCUT2D eigenvalue weighted by molar-refractivity contribution is 6.30. The van der Waals surface area contributed by atoms with Gasteiger partial charge in [-0.3, -0.25) is 4.79 Å². The maximum atomic E-state index is 13.5. The molecule has 0 saturated carbocycles. The highest BCUT2D eigenvalue weighted by atomic mass is 35.5. The molecule has 0 spiro atoms. The summed E-state index contributed by atoms with van der Waals surface area (Å²) in [5.41, 5.74) is 0.0200. The molecule has 0 fully saturated rings. The Morgan fingerprint density at radius 2 is 2.06 bits per heavy atom. The van der Waals surface area contributed by atoms with Crippen LogP contribution in [0.2, 0.25) is 0 Å². The second-order valence-electron chi connectivity index (χ2n) is 5.00. The number of alkyl halides is 1. The Hall–Kier alpha value is -1.29. The van der Waals surface area contributed by atoms with E-state index in [0.717, 1.165) is 0 Å². The second-order valence-corrected chi connectivity index (χ2v) is 5.43. The van der Waals surface area contributed by atoms with Gasteiger partial charge in [0.2, 0.25) is 5.91 Å². The number of amides is 1. The van der Waals surface area contributed by atoms with Crippen molar-refractivity contribution in [2.75, 3.05) is 7.11 Å². The van der Waals surface area contributed by atoms with E-state index in [2.05, 4.69) is 5.32 Å². The number of carbonyl (C=O) groups excluding carboxylic acids is 1. The summed E-state index contributed by atoms with van der Waals surface area (Å²) in [7, 11) is 1.38. The molecule has 1 unspecified atom stereocenters. The van der Waals surface area contributed by atoms with Crippen LogP contribution in [0.3, 0.4) is 0 Å². The van der Waals surface area contributed by atoms with Crippen LogP contribution < -0.4 is 10.1 Å². The minimum absolute atomic E-state index is 0.124. The van der Waals surface area contributed by atoms with Gasteiger partial charge in [-0.25, -0.2) is 4.39 Å². The zero-order valence-electron chi connectivity index (χ0n) is 10.9. The van der Waals surface area contributed by atoms with E-state index in [1.54, 1.807) is 6.07 Å². The van der Waals surface area contributed by atoms with Crippen molar-refractivity contribution in [3.8, 4) is 5.75 Å². The molecule has 0 aliphatic carbocycles. The molecule has 1 rings (SSSR count). The molecule has 5 heteroatoms. The van der Waals surface area contributed by atoms with E-state index in [9.17, 15) is 9.18 Å². The first-order valence-electron chi connectivity index (χ1n) is 5.54. The van der Waals surface area contributed by atoms with Crippen LogP contribution in [0.1, 0.15) is 31.7 Å². The van der Waals surface area contributed by atoms with Gasteiger partial charge in [-0.2, -0.15) is 0 Å². The normalized spacial score (nSPS) is 13.0. The summed E-state index contributed by atoms with van der Waals surface area (Å²) in [6.07, 6.45) is 0. The van der Waals surface area contributed by atoms with Crippen LogP contribution in [-0.2, 0) is 4.79 Å². The monoisotopic (exact) mass is 273 g/mol. The molecule has 3 nitrogen and oxygen atoms in total. The van der Waals surface area contributed by atoms with Crippen molar-refractivity contribution in [1.29, 1.82) is 0 Å². The highest BCUT2D eigenvalue weighted by Crippen LogP contribution is 2.26. The van der Waals surface area contributed by atoms with Crippen LogP contribution in [0.4, 0.5) is 4.39 Å². The smallest absolute Gasteiger partial charge is 0.243 e. The third-order valence-corrected chi connectivity index (χ3v) is 2.65. The van der Waals surface area contributed by atoms with Gasteiger partial charge in [0.05, 0.1) is 7.11 Å². The fourth-order valence-corrected chi connectivity index (χ4v) is 1.61. The van der Waals surface area contributed by atoms with Gasteiger partial charge in [-0.05, 0) is 38.5 Å². The predicted octanol–water partition coefficient (Wildman–Crippen LogP) is 3.03. The number of nitrogens with one attached hydrogen (secondary N) is 1. The molecule has 100 valence electrons. The van der Waals surface area contributed by atoms with Crippen LogP contribution in [-0.4, -0.2) is 18.6 Å². The zero-order chi connectivity index (χ0) is 13.9. The summed E-state index contributed by atoms with van der Waals surface area (Å²) in [5, 5.41) is 1.81. The van der Waals surface area contributed by atoms with Crippen molar-refractivity contribution in [3.63, 3.8) is 0 Å². The Bertz CT molecular complexity index is 443. The largest absolute Gasteiger partial charge is 0.494 e. The van der Waals surface area contributed by atoms with Crippen molar-refractivity contribution < 1.29 is 13.9 Å². The molecule has 1 aromatic rings. The molecule has 1 atom stereocenters. The molecule has 0 radical (unpaired) electrons. The molecule has 0 heterocycles. The van der Waals surface area contributed by atoms with Crippen LogP contribution in [0.25, 0.3) is 0 Å². The molecule has 1 N–H and O–H groups in total. The summed E-state index contributed by atoms with van der Waals surface area (Å²) < 4.78 is 18.3. The van der Waals surface area contributed by atoms with Crippen LogP contribution in [0.5, 0.6) is 5.75 Å². The third-order valence-electron chi connectivity index (χ3n) is 2.20. The maximum Gasteiger partial charge on any atom is 0.243 e. The molecular weight excluding hydrogens is 257 g/mol. The Morgan fingerprint density at radius 3 is 2.50 bits per heavy atom. The average Bonchev–Trinajstić information content (AvgIpc) is 2.25. The van der Waals surface area contributed by atoms with Crippen LogP contribution in [0, 0.1) is 5.82 Å². The molecule has 0 bridgehead atoms. The minimum atomic E-state index is -0.926. The Morgan fingerprint density at radius 1 is 1.44 bits per heavy atom. The Kier molecular flexibility index (Phi) is 4.57. The number of carbonyl (C=O) groups is 1. The second kappa shape index (κ2) is 5.57. The van der Waals surface area contributed by atoms with E-state index < -0.39 is 11.2 Å². The van der Waals surface area contributed by atoms with E-state index in [1.807, 2.05) is 20.8 Å². The number of methoxy groups -OCH3 is 1. The van der Waals surface area contributed by atoms with Gasteiger partial charge in [0.15, 0.2) is 11.6 Å². The highest BCUT2D eigenvalue weighted by Gasteiger charge is 2.23. The Balaban J connectivity index is 2.87. The van der Waals surface area contributed by atoms with Gasteiger partial charge in [-0.15, -0.1) is 11.6 Å². The van der Waals surface area contributed by atoms with Gasteiger partial charge >= 0.3 is 0 Å². The lowest BCUT2D eigenvalue weighted by molar-refractivity contribution is -0.122. The van der Waals surface area contributed by atoms with Crippen molar-refractivity contribution in [2.45, 2.75) is 31.7 Å². The van der Waals surface area contributed by atoms with Crippen LogP contribution in [0.15, 0.2) is 18.2 Å². The minimum Gasteiger partial charge on any atom is -0.494 e. The molecule has 1 aromatic carbocycles. The molecule has 0 aliphatic rings. The van der Waals surface area contributed by atoms with Crippen molar-refractivity contribution in [1.82, 2.24) is 5.32 Å². The topological polar surface area (TPSA) is 38.3 Å². The maximum absolute atomic E-state index is 13.5. The number of rotatable bonds is 3. The van der Waals surface area contributed by atoms with Gasteiger partial charge in [-0.1, -0.05) is 6.07 Å². The predicted molar refractivity (Wildman–Crippen MR) is 69.4 cm³/mol. The molecule has 0 aliphatic heterocycles. The number of ether oxygens (including phenoxy) is 1. The van der Waals surface area contributed by atoms with Crippen LogP contribution >= 0.6 is 11.6 Å². The molecule has 0 saturated heterocycles. The van der Waals surface area contributed by atoms with E-state index >= 15 is 0 Å². The molecule has 1 amide bonds. The van der Waals surface area contributed by atoms with Crippen molar-refractivity contribution >= 4 is 17.5 Å². The lowest BCUT2D eigenvalue weighted by atomic mass is 10.1. The van der Waals surface area contributed by atoms with Gasteiger partial charge in [0.1, 0.15) is 5.38 Å². The summed E-state index contributed by atoms with van der Waals surface area (Å²) >= 11 is 6.01. The standard InChI is InChI=1S/C13H17ClFNO2/c1-13(2,3)16-12(17)11(14)8-5-6-10(18-4)9(15)7-8/h5-7,11H,1-4H3,(H,16,17). The summed E-state index contributed by atoms with van der Waals surface area (Å²) in [6, 6.07) is 4.23. The van der Waals surface area contributed by atoms with E-state index in [1.165, 1.54) is 19.2 Å². The number of hydrogen-bond donors (Lipinski definition) is 1. The van der Waals surface area contributed by atoms with Gasteiger partial charge in [0, 0.05) is 5.54 Å². The molecule has 0 aromatic heterocycles. The van der Waals surface area contributed by atoms with E-state index in [-0.39, 0.29) is 17.2 Å². The fraction of sp³-hybridized carbons (Fsp3) is 0.462. The first kappa shape index (κ1) is 14.8.